The van der Waals surface area contributed by atoms with E-state index < -0.39 is 17.5 Å². The molecule has 0 aliphatic rings. The quantitative estimate of drug-likeness (QED) is 0.867. The molecule has 3 nitrogen and oxygen atoms in total. The molecule has 1 N–H and O–H groups in total. The first kappa shape index (κ1) is 13.3. The number of anilines is 1. The van der Waals surface area contributed by atoms with Crippen LogP contribution in [-0.2, 0) is 0 Å². The summed E-state index contributed by atoms with van der Waals surface area (Å²) in [6.07, 6.45) is 1.25. The Labute approximate surface area is 108 Å². The van der Waals surface area contributed by atoms with Gasteiger partial charge in [0.25, 0.3) is 0 Å². The smallest absolute Gasteiger partial charge is 0.195 e. The van der Waals surface area contributed by atoms with E-state index in [1.54, 1.807) is 6.92 Å². The molecule has 0 radical (unpaired) electrons. The van der Waals surface area contributed by atoms with E-state index in [0.29, 0.717) is 17.9 Å². The Morgan fingerprint density at radius 2 is 1.84 bits per heavy atom. The van der Waals surface area contributed by atoms with Gasteiger partial charge in [0.1, 0.15) is 12.1 Å². The van der Waals surface area contributed by atoms with E-state index in [1.165, 1.54) is 12.4 Å². The van der Waals surface area contributed by atoms with Crippen molar-refractivity contribution in [1.82, 2.24) is 9.97 Å². The first-order valence-corrected chi connectivity index (χ1v) is 5.75. The van der Waals surface area contributed by atoms with Gasteiger partial charge in [0.15, 0.2) is 17.5 Å². The second kappa shape index (κ2) is 5.26. The first-order chi connectivity index (χ1) is 9.06. The van der Waals surface area contributed by atoms with Gasteiger partial charge in [-0.3, -0.25) is 0 Å². The average Bonchev–Trinajstić information content (AvgIpc) is 2.40. The van der Waals surface area contributed by atoms with E-state index in [0.717, 1.165) is 6.07 Å². The Balaban J connectivity index is 2.60. The van der Waals surface area contributed by atoms with Crippen molar-refractivity contribution < 1.29 is 13.2 Å². The topological polar surface area (TPSA) is 37.8 Å². The van der Waals surface area contributed by atoms with E-state index in [-0.39, 0.29) is 11.3 Å². The van der Waals surface area contributed by atoms with E-state index in [4.69, 9.17) is 0 Å². The highest BCUT2D eigenvalue weighted by atomic mass is 19.2. The van der Waals surface area contributed by atoms with Crippen molar-refractivity contribution in [3.63, 3.8) is 0 Å². The Bertz CT molecular complexity index is 614. The number of nitrogens with zero attached hydrogens (tertiary/aromatic N) is 2. The minimum Gasteiger partial charge on any atom is -0.370 e. The van der Waals surface area contributed by atoms with Crippen LogP contribution in [0.3, 0.4) is 0 Å². The molecule has 0 saturated heterocycles. The molecular weight excluding hydrogens is 255 g/mol. The number of hydrogen-bond donors (Lipinski definition) is 1. The molecule has 6 heteroatoms. The lowest BCUT2D eigenvalue weighted by atomic mass is 10.1. The van der Waals surface area contributed by atoms with Crippen molar-refractivity contribution in [3.05, 3.63) is 41.5 Å². The zero-order valence-electron chi connectivity index (χ0n) is 10.5. The van der Waals surface area contributed by atoms with Crippen molar-refractivity contribution >= 4 is 5.82 Å². The van der Waals surface area contributed by atoms with Crippen LogP contribution in [0.1, 0.15) is 12.5 Å². The van der Waals surface area contributed by atoms with Gasteiger partial charge in [0.05, 0.1) is 5.69 Å². The third-order valence-electron chi connectivity index (χ3n) is 2.72. The van der Waals surface area contributed by atoms with Crippen molar-refractivity contribution in [1.29, 1.82) is 0 Å². The Morgan fingerprint density at radius 1 is 1.11 bits per heavy atom. The van der Waals surface area contributed by atoms with Crippen molar-refractivity contribution in [2.45, 2.75) is 13.8 Å². The molecule has 0 aliphatic heterocycles. The van der Waals surface area contributed by atoms with Crippen LogP contribution in [0.15, 0.2) is 18.5 Å². The third-order valence-corrected chi connectivity index (χ3v) is 2.72. The molecule has 1 aromatic carbocycles. The molecule has 0 unspecified atom stereocenters. The van der Waals surface area contributed by atoms with Gasteiger partial charge in [0, 0.05) is 17.7 Å². The number of hydrogen-bond acceptors (Lipinski definition) is 3. The molecular formula is C13H12F3N3. The number of benzene rings is 1. The van der Waals surface area contributed by atoms with Gasteiger partial charge >= 0.3 is 0 Å². The summed E-state index contributed by atoms with van der Waals surface area (Å²) in [5, 5.41) is 2.99. The molecule has 100 valence electrons. The van der Waals surface area contributed by atoms with Crippen LogP contribution in [0, 0.1) is 24.4 Å². The van der Waals surface area contributed by atoms with Crippen LogP contribution >= 0.6 is 0 Å². The summed E-state index contributed by atoms with van der Waals surface area (Å²) in [5.41, 5.74) is 0.731. The van der Waals surface area contributed by atoms with Gasteiger partial charge in [-0.1, -0.05) is 0 Å². The van der Waals surface area contributed by atoms with Crippen molar-refractivity contribution in [3.8, 4) is 11.3 Å². The van der Waals surface area contributed by atoms with E-state index in [2.05, 4.69) is 15.3 Å². The number of rotatable bonds is 3. The van der Waals surface area contributed by atoms with Crippen LogP contribution in [0.4, 0.5) is 19.0 Å². The van der Waals surface area contributed by atoms with Crippen LogP contribution in [-0.4, -0.2) is 16.5 Å². The molecule has 1 aromatic heterocycles. The van der Waals surface area contributed by atoms with Gasteiger partial charge in [-0.2, -0.15) is 0 Å². The summed E-state index contributed by atoms with van der Waals surface area (Å²) in [5.74, 6) is -3.43. The molecule has 1 heterocycles. The maximum absolute atomic E-state index is 13.7. The third kappa shape index (κ3) is 2.38. The fourth-order valence-electron chi connectivity index (χ4n) is 1.78. The molecule has 0 saturated carbocycles. The second-order valence-electron chi connectivity index (χ2n) is 3.95. The maximum Gasteiger partial charge on any atom is 0.195 e. The molecule has 2 aromatic rings. The van der Waals surface area contributed by atoms with E-state index in [9.17, 15) is 13.2 Å². The van der Waals surface area contributed by atoms with Crippen LogP contribution in [0.25, 0.3) is 11.3 Å². The zero-order chi connectivity index (χ0) is 14.0. The molecule has 0 amide bonds. The normalized spacial score (nSPS) is 10.6. The van der Waals surface area contributed by atoms with E-state index >= 15 is 0 Å². The number of nitrogens with one attached hydrogen (secondary N) is 1. The lowest BCUT2D eigenvalue weighted by Crippen LogP contribution is -2.05. The fraction of sp³-hybridized carbons (Fsp3) is 0.231. The van der Waals surface area contributed by atoms with Crippen molar-refractivity contribution in [2.24, 2.45) is 0 Å². The lowest BCUT2D eigenvalue weighted by Gasteiger charge is -2.11. The lowest BCUT2D eigenvalue weighted by molar-refractivity contribution is 0.448. The number of halogens is 3. The summed E-state index contributed by atoms with van der Waals surface area (Å²) in [7, 11) is 0. The standard InChI is InChI=1S/C13H12F3N3/c1-3-17-13-7(2)12(18-6-19-13)8-4-5-9(14)11(16)10(8)15/h4-6H,3H2,1-2H3,(H,17,18,19). The predicted molar refractivity (Wildman–Crippen MR) is 66.2 cm³/mol. The van der Waals surface area contributed by atoms with Crippen LogP contribution < -0.4 is 5.32 Å². The molecule has 2 rings (SSSR count). The Morgan fingerprint density at radius 3 is 2.53 bits per heavy atom. The molecule has 0 aliphatic carbocycles. The monoisotopic (exact) mass is 267 g/mol. The van der Waals surface area contributed by atoms with Gasteiger partial charge < -0.3 is 5.32 Å². The van der Waals surface area contributed by atoms with Gasteiger partial charge in [0.2, 0.25) is 0 Å². The summed E-state index contributed by atoms with van der Waals surface area (Å²) in [6, 6.07) is 2.04. The molecule has 0 bridgehead atoms. The highest BCUT2D eigenvalue weighted by Gasteiger charge is 2.18. The first-order valence-electron chi connectivity index (χ1n) is 5.75. The molecule has 0 atom stereocenters. The highest BCUT2D eigenvalue weighted by Crippen LogP contribution is 2.28. The van der Waals surface area contributed by atoms with Crippen LogP contribution in [0.2, 0.25) is 0 Å². The van der Waals surface area contributed by atoms with Crippen LogP contribution in [0.5, 0.6) is 0 Å². The summed E-state index contributed by atoms with van der Waals surface area (Å²) >= 11 is 0. The summed E-state index contributed by atoms with van der Waals surface area (Å²) < 4.78 is 39.9. The second-order valence-corrected chi connectivity index (χ2v) is 3.95. The largest absolute Gasteiger partial charge is 0.370 e. The summed E-state index contributed by atoms with van der Waals surface area (Å²) in [6.45, 7) is 4.21. The Kier molecular flexibility index (Phi) is 3.69. The fourth-order valence-corrected chi connectivity index (χ4v) is 1.78. The van der Waals surface area contributed by atoms with Crippen molar-refractivity contribution in [2.75, 3.05) is 11.9 Å². The Hall–Kier alpha value is -2.11. The SMILES string of the molecule is CCNc1ncnc(-c2ccc(F)c(F)c2F)c1C. The predicted octanol–water partition coefficient (Wildman–Crippen LogP) is 3.30. The minimum absolute atomic E-state index is 0.0852. The average molecular weight is 267 g/mol. The summed E-state index contributed by atoms with van der Waals surface area (Å²) in [4.78, 5) is 7.95. The van der Waals surface area contributed by atoms with Gasteiger partial charge in [-0.15, -0.1) is 0 Å². The zero-order valence-corrected chi connectivity index (χ0v) is 10.5. The minimum atomic E-state index is -1.50. The molecule has 19 heavy (non-hydrogen) atoms. The number of aromatic nitrogens is 2. The molecule has 0 spiro atoms. The highest BCUT2D eigenvalue weighted by molar-refractivity contribution is 5.68. The maximum atomic E-state index is 13.7. The van der Waals surface area contributed by atoms with Gasteiger partial charge in [-0.05, 0) is 26.0 Å². The molecule has 0 fully saturated rings. The van der Waals surface area contributed by atoms with Gasteiger partial charge in [-0.25, -0.2) is 23.1 Å². The van der Waals surface area contributed by atoms with E-state index in [1.807, 2.05) is 6.92 Å².